The van der Waals surface area contributed by atoms with Crippen molar-refractivity contribution < 1.29 is 29.0 Å². The van der Waals surface area contributed by atoms with Crippen LogP contribution in [0.25, 0.3) is 16.5 Å². The molecule has 0 aliphatic rings. The molecule has 2 aromatic heterocycles. The molecule has 13 heteroatoms. The lowest BCUT2D eigenvalue weighted by molar-refractivity contribution is -0.138. The van der Waals surface area contributed by atoms with Gasteiger partial charge in [0.05, 0.1) is 25.2 Å². The third-order valence-corrected chi connectivity index (χ3v) is 8.18. The molecule has 3 aromatic carbocycles. The summed E-state index contributed by atoms with van der Waals surface area (Å²) in [6, 6.07) is 16.5. The van der Waals surface area contributed by atoms with Crippen LogP contribution in [0.4, 0.5) is 21.0 Å². The van der Waals surface area contributed by atoms with E-state index in [-0.39, 0.29) is 24.6 Å². The Hall–Kier alpha value is -6.11. The number of nitrogens with one attached hydrogen (secondary N) is 3. The standard InChI is InChI=1S/C38H42N6O7/c1-23-17-26(33(35(46)47)41-29-9-7-25-13-14-40-34(45)31(25)19-29)8-11-30(23)24(2)21-50-36(48)42-28-10-12-32(44-16-15-39-22-44)27(18-28)20-43(6)37(49)51-38(3,4)5/h7-19,22,24,33,41H,20-21H2,1-6H3,(H,40,45)(H,42,48)(H,46,47). The van der Waals surface area contributed by atoms with Gasteiger partial charge in [0.2, 0.25) is 0 Å². The molecule has 0 spiro atoms. The fourth-order valence-corrected chi connectivity index (χ4v) is 5.71. The van der Waals surface area contributed by atoms with Gasteiger partial charge in [-0.15, -0.1) is 0 Å². The maximum atomic E-state index is 12.9. The highest BCUT2D eigenvalue weighted by Gasteiger charge is 2.23. The number of aliphatic carboxylic acids is 1. The minimum Gasteiger partial charge on any atom is -0.479 e. The molecule has 51 heavy (non-hydrogen) atoms. The molecule has 0 saturated heterocycles. The first-order chi connectivity index (χ1) is 24.2. The number of H-pyrrole nitrogens is 1. The lowest BCUT2D eigenvalue weighted by atomic mass is 9.93. The minimum atomic E-state index is -1.07. The zero-order valence-corrected chi connectivity index (χ0v) is 29.4. The smallest absolute Gasteiger partial charge is 0.411 e. The van der Waals surface area contributed by atoms with Crippen LogP contribution in [0.15, 0.2) is 90.4 Å². The molecule has 0 saturated carbocycles. The molecule has 13 nitrogen and oxygen atoms in total. The van der Waals surface area contributed by atoms with Crippen LogP contribution in [0.2, 0.25) is 0 Å². The number of pyridine rings is 1. The summed E-state index contributed by atoms with van der Waals surface area (Å²) in [5, 5.41) is 17.1. The number of hydrogen-bond acceptors (Lipinski definition) is 8. The van der Waals surface area contributed by atoms with Crippen molar-refractivity contribution in [2.75, 3.05) is 24.3 Å². The second-order valence-electron chi connectivity index (χ2n) is 13.4. The SMILES string of the molecule is Cc1cc(C(Nc2ccc3cc[nH]c(=O)c3c2)C(=O)O)ccc1C(C)COC(=O)Nc1ccc(-n2ccnc2)c(CN(C)C(=O)OC(C)(C)C)c1. The molecular formula is C38H42N6O7. The highest BCUT2D eigenvalue weighted by atomic mass is 16.6. The molecule has 2 heterocycles. The van der Waals surface area contributed by atoms with Gasteiger partial charge in [0.1, 0.15) is 5.60 Å². The van der Waals surface area contributed by atoms with E-state index in [0.29, 0.717) is 22.3 Å². The average Bonchev–Trinajstić information content (AvgIpc) is 3.60. The summed E-state index contributed by atoms with van der Waals surface area (Å²) in [4.78, 5) is 58.4. The number of amides is 2. The maximum Gasteiger partial charge on any atom is 0.411 e. The molecule has 0 bridgehead atoms. The summed E-state index contributed by atoms with van der Waals surface area (Å²) in [5.41, 5.74) is 3.85. The first-order valence-corrected chi connectivity index (χ1v) is 16.4. The van der Waals surface area contributed by atoms with Crippen LogP contribution in [0.3, 0.4) is 0 Å². The lowest BCUT2D eigenvalue weighted by Gasteiger charge is -2.25. The van der Waals surface area contributed by atoms with Gasteiger partial charge in [-0.25, -0.2) is 19.4 Å². The summed E-state index contributed by atoms with van der Waals surface area (Å²) in [6.45, 7) is 9.47. The summed E-state index contributed by atoms with van der Waals surface area (Å²) < 4.78 is 12.9. The fraction of sp³-hybridized carbons (Fsp3) is 0.289. The Labute approximate surface area is 295 Å². The summed E-state index contributed by atoms with van der Waals surface area (Å²) in [7, 11) is 1.64. The predicted molar refractivity (Wildman–Crippen MR) is 194 cm³/mol. The number of rotatable bonds is 11. The molecule has 5 aromatic rings. The second-order valence-corrected chi connectivity index (χ2v) is 13.4. The van der Waals surface area contributed by atoms with Gasteiger partial charge in [-0.3, -0.25) is 10.1 Å². The van der Waals surface area contributed by atoms with Crippen LogP contribution in [-0.4, -0.2) is 62.0 Å². The molecule has 0 fully saturated rings. The molecule has 0 aliphatic heterocycles. The summed E-state index contributed by atoms with van der Waals surface area (Å²) >= 11 is 0. The van der Waals surface area contributed by atoms with Crippen LogP contribution in [0.5, 0.6) is 0 Å². The van der Waals surface area contributed by atoms with E-state index in [1.54, 1.807) is 101 Å². The first kappa shape index (κ1) is 36.2. The van der Waals surface area contributed by atoms with Gasteiger partial charge in [-0.05, 0) is 91.7 Å². The summed E-state index contributed by atoms with van der Waals surface area (Å²) in [5.74, 6) is -1.27. The van der Waals surface area contributed by atoms with Crippen LogP contribution in [0, 0.1) is 6.92 Å². The van der Waals surface area contributed by atoms with Crippen molar-refractivity contribution in [2.24, 2.45) is 0 Å². The van der Waals surface area contributed by atoms with E-state index in [2.05, 4.69) is 20.6 Å². The van der Waals surface area contributed by atoms with E-state index >= 15 is 0 Å². The highest BCUT2D eigenvalue weighted by Crippen LogP contribution is 2.28. The molecule has 0 radical (unpaired) electrons. The number of aromatic amines is 1. The monoisotopic (exact) mass is 694 g/mol. The number of carbonyl (C=O) groups excluding carboxylic acids is 2. The van der Waals surface area contributed by atoms with E-state index in [9.17, 15) is 24.3 Å². The Bertz CT molecular complexity index is 2100. The number of hydrogen-bond donors (Lipinski definition) is 4. The highest BCUT2D eigenvalue weighted by molar-refractivity contribution is 5.87. The molecule has 2 atom stereocenters. The van der Waals surface area contributed by atoms with Gasteiger partial charge in [-0.1, -0.05) is 31.2 Å². The number of carboxylic acid groups (broad SMARTS) is 1. The van der Waals surface area contributed by atoms with Gasteiger partial charge in [0.25, 0.3) is 5.56 Å². The van der Waals surface area contributed by atoms with Crippen LogP contribution < -0.4 is 16.2 Å². The number of anilines is 2. The number of benzene rings is 3. The minimum absolute atomic E-state index is 0.0691. The molecule has 0 aliphatic carbocycles. The number of aryl methyl sites for hydroxylation is 1. The van der Waals surface area contributed by atoms with E-state index < -0.39 is 29.8 Å². The number of carbonyl (C=O) groups is 3. The predicted octanol–water partition coefficient (Wildman–Crippen LogP) is 6.98. The Morgan fingerprint density at radius 3 is 2.49 bits per heavy atom. The zero-order chi connectivity index (χ0) is 36.9. The largest absolute Gasteiger partial charge is 0.479 e. The topological polar surface area (TPSA) is 168 Å². The van der Waals surface area contributed by atoms with E-state index in [1.165, 1.54) is 4.90 Å². The van der Waals surface area contributed by atoms with Crippen LogP contribution in [0.1, 0.15) is 61.9 Å². The molecule has 5 rings (SSSR count). The van der Waals surface area contributed by atoms with Gasteiger partial charge < -0.3 is 34.3 Å². The number of nitrogens with zero attached hydrogens (tertiary/aromatic N) is 3. The van der Waals surface area contributed by atoms with Crippen molar-refractivity contribution in [3.05, 3.63) is 118 Å². The van der Waals surface area contributed by atoms with Crippen molar-refractivity contribution in [1.82, 2.24) is 19.4 Å². The Morgan fingerprint density at radius 2 is 1.80 bits per heavy atom. The van der Waals surface area contributed by atoms with Crippen molar-refractivity contribution in [1.29, 1.82) is 0 Å². The Balaban J connectivity index is 1.24. The number of carboxylic acids is 1. The van der Waals surface area contributed by atoms with E-state index in [4.69, 9.17) is 9.47 Å². The van der Waals surface area contributed by atoms with E-state index in [1.807, 2.05) is 30.5 Å². The normalized spacial score (nSPS) is 12.5. The van der Waals surface area contributed by atoms with Crippen molar-refractivity contribution in [2.45, 2.75) is 58.7 Å². The molecule has 4 N–H and O–H groups in total. The van der Waals surface area contributed by atoms with Gasteiger partial charge in [0, 0.05) is 48.3 Å². The van der Waals surface area contributed by atoms with Crippen LogP contribution in [-0.2, 0) is 20.8 Å². The molecule has 266 valence electrons. The quantitative estimate of drug-likeness (QED) is 0.114. The molecule has 2 unspecified atom stereocenters. The summed E-state index contributed by atoms with van der Waals surface area (Å²) in [6.07, 6.45) is 5.52. The van der Waals surface area contributed by atoms with Crippen LogP contribution >= 0.6 is 0 Å². The van der Waals surface area contributed by atoms with E-state index in [0.717, 1.165) is 27.8 Å². The van der Waals surface area contributed by atoms with Gasteiger partial charge >= 0.3 is 18.2 Å². The van der Waals surface area contributed by atoms with Crippen molar-refractivity contribution >= 4 is 40.3 Å². The Morgan fingerprint density at radius 1 is 1.04 bits per heavy atom. The van der Waals surface area contributed by atoms with Gasteiger partial charge in [-0.2, -0.15) is 0 Å². The number of fused-ring (bicyclic) bond motifs is 1. The Kier molecular flexibility index (Phi) is 10.8. The van der Waals surface area contributed by atoms with Crippen molar-refractivity contribution in [3.63, 3.8) is 0 Å². The molecule has 2 amide bonds. The second kappa shape index (κ2) is 15.2. The number of aromatic nitrogens is 3. The lowest BCUT2D eigenvalue weighted by Crippen LogP contribution is -2.34. The number of ether oxygens (including phenoxy) is 2. The first-order valence-electron chi connectivity index (χ1n) is 16.4. The molecular weight excluding hydrogens is 652 g/mol. The number of imidazole rings is 1. The third-order valence-electron chi connectivity index (χ3n) is 8.18. The maximum absolute atomic E-state index is 12.9. The fourth-order valence-electron chi connectivity index (χ4n) is 5.71. The van der Waals surface area contributed by atoms with Crippen molar-refractivity contribution in [3.8, 4) is 5.69 Å². The third kappa shape index (κ3) is 9.12. The average molecular weight is 695 g/mol. The zero-order valence-electron chi connectivity index (χ0n) is 29.4. The van der Waals surface area contributed by atoms with Gasteiger partial charge in [0.15, 0.2) is 6.04 Å².